The topological polar surface area (TPSA) is 63.5 Å². The van der Waals surface area contributed by atoms with Gasteiger partial charge in [-0.2, -0.15) is 0 Å². The fraction of sp³-hybridized carbons (Fsp3) is 0.500. The Kier molecular flexibility index (Phi) is 3.83. The van der Waals surface area contributed by atoms with E-state index in [0.717, 1.165) is 18.4 Å². The second-order valence-corrected chi connectivity index (χ2v) is 5.32. The highest BCUT2D eigenvalue weighted by atomic mass is 16.6. The van der Waals surface area contributed by atoms with E-state index < -0.39 is 4.92 Å². The summed E-state index contributed by atoms with van der Waals surface area (Å²) in [4.78, 5) is 24.3. The van der Waals surface area contributed by atoms with Crippen LogP contribution < -0.4 is 4.90 Å². The van der Waals surface area contributed by atoms with Gasteiger partial charge in [0.1, 0.15) is 0 Å². The van der Waals surface area contributed by atoms with E-state index in [2.05, 4.69) is 0 Å². The number of rotatable bonds is 3. The minimum Gasteiger partial charge on any atom is -0.312 e. The molecule has 0 bridgehead atoms. The summed E-state index contributed by atoms with van der Waals surface area (Å²) in [5, 5.41) is 10.8. The molecule has 0 N–H and O–H groups in total. The maximum absolute atomic E-state index is 12.2. The Hall–Kier alpha value is -1.91. The monoisotopic (exact) mass is 262 g/mol. The van der Waals surface area contributed by atoms with E-state index in [9.17, 15) is 14.9 Å². The molecule has 0 aliphatic carbocycles. The molecule has 1 heterocycles. The van der Waals surface area contributed by atoms with Crippen molar-refractivity contribution in [3.8, 4) is 0 Å². The summed E-state index contributed by atoms with van der Waals surface area (Å²) in [6.07, 6.45) is 2.26. The van der Waals surface area contributed by atoms with Crippen LogP contribution in [0.1, 0.15) is 32.3 Å². The number of anilines is 1. The van der Waals surface area contributed by atoms with Crippen molar-refractivity contribution in [3.63, 3.8) is 0 Å². The lowest BCUT2D eigenvalue weighted by Gasteiger charge is -2.29. The summed E-state index contributed by atoms with van der Waals surface area (Å²) in [6.45, 7) is 4.64. The highest BCUT2D eigenvalue weighted by Crippen LogP contribution is 2.31. The number of non-ortho nitro benzene ring substituents is 1. The van der Waals surface area contributed by atoms with E-state index in [0.29, 0.717) is 18.7 Å². The van der Waals surface area contributed by atoms with E-state index in [1.165, 1.54) is 12.1 Å². The average molecular weight is 262 g/mol. The number of fused-ring (bicyclic) bond motifs is 1. The summed E-state index contributed by atoms with van der Waals surface area (Å²) in [6, 6.07) is 4.80. The van der Waals surface area contributed by atoms with Crippen LogP contribution in [0.3, 0.4) is 0 Å². The summed E-state index contributed by atoms with van der Waals surface area (Å²) < 4.78 is 0. The van der Waals surface area contributed by atoms with Crippen molar-refractivity contribution in [2.75, 3.05) is 11.4 Å². The third-order valence-electron chi connectivity index (χ3n) is 3.28. The van der Waals surface area contributed by atoms with Gasteiger partial charge in [-0.1, -0.05) is 19.9 Å². The predicted molar refractivity (Wildman–Crippen MR) is 73.2 cm³/mol. The molecule has 2 rings (SSSR count). The lowest BCUT2D eigenvalue weighted by atomic mass is 10.00. The fourth-order valence-electron chi connectivity index (χ4n) is 2.40. The molecule has 0 spiro atoms. The van der Waals surface area contributed by atoms with Crippen LogP contribution >= 0.6 is 0 Å². The quantitative estimate of drug-likeness (QED) is 0.621. The van der Waals surface area contributed by atoms with Gasteiger partial charge in [0, 0.05) is 25.1 Å². The number of benzene rings is 1. The van der Waals surface area contributed by atoms with Crippen LogP contribution in [0.2, 0.25) is 0 Å². The number of nitro benzene ring substituents is 1. The third kappa shape index (κ3) is 2.92. The van der Waals surface area contributed by atoms with E-state index in [-0.39, 0.29) is 17.5 Å². The minimum absolute atomic E-state index is 0.0444. The van der Waals surface area contributed by atoms with Gasteiger partial charge in [0.2, 0.25) is 5.91 Å². The van der Waals surface area contributed by atoms with Gasteiger partial charge in [0.25, 0.3) is 5.69 Å². The number of aryl methyl sites for hydroxylation is 1. The first-order valence-corrected chi connectivity index (χ1v) is 6.56. The smallest absolute Gasteiger partial charge is 0.271 e. The number of hydrogen-bond donors (Lipinski definition) is 0. The first-order valence-electron chi connectivity index (χ1n) is 6.56. The van der Waals surface area contributed by atoms with Crippen molar-refractivity contribution >= 4 is 17.3 Å². The lowest BCUT2D eigenvalue weighted by molar-refractivity contribution is -0.384. The molecule has 5 nitrogen and oxygen atoms in total. The van der Waals surface area contributed by atoms with Crippen molar-refractivity contribution in [2.45, 2.75) is 33.1 Å². The first-order chi connectivity index (χ1) is 8.99. The molecule has 0 unspecified atom stereocenters. The molecule has 0 saturated carbocycles. The van der Waals surface area contributed by atoms with Crippen LogP contribution in [0.25, 0.3) is 0 Å². The molecule has 1 aliphatic rings. The van der Waals surface area contributed by atoms with Crippen molar-refractivity contribution < 1.29 is 9.72 Å². The average Bonchev–Trinajstić information content (AvgIpc) is 2.36. The zero-order valence-corrected chi connectivity index (χ0v) is 11.3. The van der Waals surface area contributed by atoms with Crippen LogP contribution in [0.15, 0.2) is 18.2 Å². The van der Waals surface area contributed by atoms with Crippen LogP contribution in [0.5, 0.6) is 0 Å². The van der Waals surface area contributed by atoms with Gasteiger partial charge in [-0.25, -0.2) is 0 Å². The van der Waals surface area contributed by atoms with Crippen LogP contribution in [0.4, 0.5) is 11.4 Å². The normalized spacial score (nSPS) is 14.4. The van der Waals surface area contributed by atoms with Crippen molar-refractivity contribution in [3.05, 3.63) is 33.9 Å². The molecule has 0 radical (unpaired) electrons. The highest BCUT2D eigenvalue weighted by Gasteiger charge is 2.24. The molecular weight excluding hydrogens is 244 g/mol. The fourth-order valence-corrected chi connectivity index (χ4v) is 2.40. The zero-order chi connectivity index (χ0) is 14.0. The number of hydrogen-bond acceptors (Lipinski definition) is 3. The van der Waals surface area contributed by atoms with Gasteiger partial charge in [-0.05, 0) is 24.3 Å². The van der Waals surface area contributed by atoms with Crippen molar-refractivity contribution in [2.24, 2.45) is 5.92 Å². The largest absolute Gasteiger partial charge is 0.312 e. The maximum Gasteiger partial charge on any atom is 0.271 e. The molecule has 0 atom stereocenters. The maximum atomic E-state index is 12.2. The van der Waals surface area contributed by atoms with Crippen molar-refractivity contribution in [1.82, 2.24) is 0 Å². The number of amides is 1. The second-order valence-electron chi connectivity index (χ2n) is 5.32. The molecule has 1 aromatic carbocycles. The summed E-state index contributed by atoms with van der Waals surface area (Å²) in [5.41, 5.74) is 1.78. The number of carbonyl (C=O) groups excluding carboxylic acids is 1. The predicted octanol–water partition coefficient (Wildman–Crippen LogP) is 2.92. The summed E-state index contributed by atoms with van der Waals surface area (Å²) in [7, 11) is 0. The zero-order valence-electron chi connectivity index (χ0n) is 11.3. The standard InChI is InChI=1S/C14H18N2O3/c1-10(2)8-14(17)15-7-3-4-11-5-6-12(16(18)19)9-13(11)15/h5-6,9-10H,3-4,7-8H2,1-2H3. The number of nitro groups is 1. The summed E-state index contributed by atoms with van der Waals surface area (Å²) in [5.74, 6) is 0.341. The van der Waals surface area contributed by atoms with E-state index in [1.807, 2.05) is 13.8 Å². The van der Waals surface area contributed by atoms with E-state index in [1.54, 1.807) is 11.0 Å². The Morgan fingerprint density at radius 2 is 2.21 bits per heavy atom. The Bertz CT molecular complexity index is 511. The van der Waals surface area contributed by atoms with Crippen LogP contribution in [-0.2, 0) is 11.2 Å². The minimum atomic E-state index is -0.417. The molecule has 1 aliphatic heterocycles. The molecule has 1 aromatic rings. The summed E-state index contributed by atoms with van der Waals surface area (Å²) >= 11 is 0. The van der Waals surface area contributed by atoms with E-state index in [4.69, 9.17) is 0 Å². The number of nitrogens with zero attached hydrogens (tertiary/aromatic N) is 2. The molecule has 19 heavy (non-hydrogen) atoms. The highest BCUT2D eigenvalue weighted by molar-refractivity contribution is 5.95. The molecular formula is C14H18N2O3. The van der Waals surface area contributed by atoms with Gasteiger partial charge in [0.05, 0.1) is 10.6 Å². The van der Waals surface area contributed by atoms with Gasteiger partial charge >= 0.3 is 0 Å². The molecule has 0 fully saturated rings. The van der Waals surface area contributed by atoms with Gasteiger partial charge < -0.3 is 4.90 Å². The molecule has 0 saturated heterocycles. The van der Waals surface area contributed by atoms with Gasteiger partial charge in [-0.15, -0.1) is 0 Å². The molecule has 1 amide bonds. The molecule has 0 aromatic heterocycles. The second kappa shape index (κ2) is 5.38. The Labute approximate surface area is 112 Å². The van der Waals surface area contributed by atoms with Crippen LogP contribution in [-0.4, -0.2) is 17.4 Å². The van der Waals surface area contributed by atoms with Gasteiger partial charge in [0.15, 0.2) is 0 Å². The van der Waals surface area contributed by atoms with E-state index >= 15 is 0 Å². The number of carbonyl (C=O) groups is 1. The Balaban J connectivity index is 2.34. The lowest BCUT2D eigenvalue weighted by Crippen LogP contribution is -2.36. The van der Waals surface area contributed by atoms with Crippen molar-refractivity contribution in [1.29, 1.82) is 0 Å². The Morgan fingerprint density at radius 3 is 2.84 bits per heavy atom. The first kappa shape index (κ1) is 13.5. The third-order valence-corrected chi connectivity index (χ3v) is 3.28. The van der Waals surface area contributed by atoms with Crippen LogP contribution in [0, 0.1) is 16.0 Å². The molecule has 102 valence electrons. The van der Waals surface area contributed by atoms with Gasteiger partial charge in [-0.3, -0.25) is 14.9 Å². The molecule has 5 heteroatoms. The SMILES string of the molecule is CC(C)CC(=O)N1CCCc2ccc([N+](=O)[O-])cc21. The Morgan fingerprint density at radius 1 is 1.47 bits per heavy atom.